The summed E-state index contributed by atoms with van der Waals surface area (Å²) in [4.78, 5) is 2.30. The van der Waals surface area contributed by atoms with Crippen molar-refractivity contribution in [3.8, 4) is 0 Å². The summed E-state index contributed by atoms with van der Waals surface area (Å²) >= 11 is 0. The minimum absolute atomic E-state index is 0.583. The molecule has 2 heterocycles. The number of likely N-dealkylation sites (N-methyl/N-ethyl adjacent to an activating group) is 3. The van der Waals surface area contributed by atoms with Gasteiger partial charge in [0.2, 0.25) is 0 Å². The van der Waals surface area contributed by atoms with Gasteiger partial charge in [0, 0.05) is 52.4 Å². The van der Waals surface area contributed by atoms with E-state index in [-0.39, 0.29) is 0 Å². The van der Waals surface area contributed by atoms with E-state index in [1.165, 1.54) is 0 Å². The van der Waals surface area contributed by atoms with Crippen LogP contribution in [0.2, 0.25) is 0 Å². The van der Waals surface area contributed by atoms with Crippen molar-refractivity contribution in [3.05, 3.63) is 0 Å². The van der Waals surface area contributed by atoms with Gasteiger partial charge in [0.15, 0.2) is 0 Å². The molecule has 8 nitrogen and oxygen atoms in total. The van der Waals surface area contributed by atoms with E-state index in [4.69, 9.17) is 16.2 Å². The lowest BCUT2D eigenvalue weighted by atomic mass is 10.5. The molecule has 148 valence electrons. The van der Waals surface area contributed by atoms with Crippen molar-refractivity contribution in [3.63, 3.8) is 0 Å². The van der Waals surface area contributed by atoms with Crippen LogP contribution >= 0.6 is 0 Å². The molecule has 0 aromatic heterocycles. The standard InChI is InChI=1S/C7H19N3.C4H13N3.C3H6O.C2H4O/c1-8-4-6-10(3)7-5-9-2;5-1-3-7-4-2-6;1-3-2-4-3;1-2-3-1/h8-9H,4-7H2,1-3H3;7H,1-6H2;3H,2H2,1H3;1-2H2. The minimum atomic E-state index is 0.583. The highest BCUT2D eigenvalue weighted by atomic mass is 16.6. The fourth-order valence-corrected chi connectivity index (χ4v) is 1.14. The molecule has 0 aromatic rings. The number of hydrogen-bond acceptors (Lipinski definition) is 8. The van der Waals surface area contributed by atoms with E-state index in [0.717, 1.165) is 59.1 Å². The highest BCUT2D eigenvalue weighted by Gasteiger charge is 2.13. The Morgan fingerprint density at radius 2 is 1.33 bits per heavy atom. The monoisotopic (exact) mass is 350 g/mol. The topological polar surface area (TPSA) is 116 Å². The van der Waals surface area contributed by atoms with E-state index in [9.17, 15) is 0 Å². The molecule has 1 unspecified atom stereocenters. The highest BCUT2D eigenvalue weighted by Crippen LogP contribution is 2.04. The Morgan fingerprint density at radius 1 is 0.958 bits per heavy atom. The summed E-state index contributed by atoms with van der Waals surface area (Å²) in [5.41, 5.74) is 10.3. The van der Waals surface area contributed by atoms with Gasteiger partial charge in [0.05, 0.1) is 25.9 Å². The van der Waals surface area contributed by atoms with E-state index in [1.54, 1.807) is 0 Å². The van der Waals surface area contributed by atoms with Gasteiger partial charge in [-0.25, -0.2) is 0 Å². The Balaban J connectivity index is 0. The maximum atomic E-state index is 5.17. The lowest BCUT2D eigenvalue weighted by Gasteiger charge is -2.15. The van der Waals surface area contributed by atoms with Gasteiger partial charge in [0.1, 0.15) is 0 Å². The van der Waals surface area contributed by atoms with Crippen LogP contribution < -0.4 is 27.4 Å². The molecule has 2 aliphatic rings. The largest absolute Gasteiger partial charge is 0.377 e. The molecule has 2 fully saturated rings. The zero-order chi connectivity index (χ0) is 18.5. The molecule has 1 atom stereocenters. The molecule has 0 aromatic carbocycles. The summed E-state index contributed by atoms with van der Waals surface area (Å²) in [6, 6.07) is 0. The van der Waals surface area contributed by atoms with Crippen molar-refractivity contribution < 1.29 is 9.47 Å². The second-order valence-corrected chi connectivity index (χ2v) is 5.59. The summed E-state index contributed by atoms with van der Waals surface area (Å²) < 4.78 is 9.21. The van der Waals surface area contributed by atoms with Crippen LogP contribution in [0, 0.1) is 0 Å². The van der Waals surface area contributed by atoms with E-state index in [0.29, 0.717) is 19.2 Å². The number of nitrogens with one attached hydrogen (secondary N) is 3. The molecule has 0 saturated carbocycles. The number of nitrogens with two attached hydrogens (primary N) is 2. The number of ether oxygens (including phenoxy) is 2. The molecular formula is C16H42N6O2. The first kappa shape index (κ1) is 25.9. The van der Waals surface area contributed by atoms with E-state index < -0.39 is 0 Å². The fourth-order valence-electron chi connectivity index (χ4n) is 1.14. The highest BCUT2D eigenvalue weighted by molar-refractivity contribution is 4.58. The van der Waals surface area contributed by atoms with Gasteiger partial charge >= 0.3 is 0 Å². The lowest BCUT2D eigenvalue weighted by Crippen LogP contribution is -2.32. The van der Waals surface area contributed by atoms with Crippen molar-refractivity contribution in [1.82, 2.24) is 20.9 Å². The normalized spacial score (nSPS) is 16.9. The molecule has 0 amide bonds. The van der Waals surface area contributed by atoms with Gasteiger partial charge in [-0.15, -0.1) is 0 Å². The average Bonchev–Trinajstić information content (AvgIpc) is 3.47. The van der Waals surface area contributed by atoms with Crippen molar-refractivity contribution in [1.29, 1.82) is 0 Å². The van der Waals surface area contributed by atoms with Crippen LogP contribution in [0.3, 0.4) is 0 Å². The Hall–Kier alpha value is -0.320. The van der Waals surface area contributed by atoms with E-state index in [2.05, 4.69) is 39.6 Å². The first-order valence-corrected chi connectivity index (χ1v) is 8.90. The van der Waals surface area contributed by atoms with Crippen LogP contribution in [0.4, 0.5) is 0 Å². The average molecular weight is 351 g/mol. The second-order valence-electron chi connectivity index (χ2n) is 5.59. The van der Waals surface area contributed by atoms with Crippen LogP contribution in [0.15, 0.2) is 0 Å². The van der Waals surface area contributed by atoms with Gasteiger partial charge in [-0.2, -0.15) is 0 Å². The van der Waals surface area contributed by atoms with Crippen molar-refractivity contribution >= 4 is 0 Å². The number of nitrogens with zero attached hydrogens (tertiary/aromatic N) is 1. The second kappa shape index (κ2) is 22.7. The van der Waals surface area contributed by atoms with Gasteiger partial charge in [0.25, 0.3) is 0 Å². The van der Waals surface area contributed by atoms with E-state index >= 15 is 0 Å². The van der Waals surface area contributed by atoms with Gasteiger partial charge in [-0.1, -0.05) is 0 Å². The summed E-state index contributed by atoms with van der Waals surface area (Å²) in [5, 5.41) is 9.26. The Morgan fingerprint density at radius 3 is 1.54 bits per heavy atom. The molecule has 7 N–H and O–H groups in total. The SMILES string of the molecule is C1CO1.CC1CO1.CNCCN(C)CCNC.NCCNCCN. The number of epoxide rings is 2. The lowest BCUT2D eigenvalue weighted by molar-refractivity contribution is 0.336. The zero-order valence-corrected chi connectivity index (χ0v) is 16.3. The third kappa shape index (κ3) is 37.7. The predicted molar refractivity (Wildman–Crippen MR) is 103 cm³/mol. The molecule has 0 aliphatic carbocycles. The Bertz CT molecular complexity index is 204. The van der Waals surface area contributed by atoms with Crippen LogP contribution in [0.25, 0.3) is 0 Å². The van der Waals surface area contributed by atoms with Crippen LogP contribution in [0.5, 0.6) is 0 Å². The molecule has 2 aliphatic heterocycles. The Kier molecular flexibility index (Phi) is 24.5. The first-order valence-electron chi connectivity index (χ1n) is 8.90. The van der Waals surface area contributed by atoms with Gasteiger partial charge in [-0.3, -0.25) is 0 Å². The summed E-state index contributed by atoms with van der Waals surface area (Å²) in [6.07, 6.45) is 0.583. The predicted octanol–water partition coefficient (Wildman–Crippen LogP) is -1.73. The summed E-state index contributed by atoms with van der Waals surface area (Å²) in [5.74, 6) is 0. The van der Waals surface area contributed by atoms with Crippen molar-refractivity contribution in [2.24, 2.45) is 11.5 Å². The maximum absolute atomic E-state index is 5.17. The van der Waals surface area contributed by atoms with Crippen LogP contribution in [0.1, 0.15) is 6.92 Å². The molecule has 2 saturated heterocycles. The van der Waals surface area contributed by atoms with Gasteiger partial charge < -0.3 is 41.8 Å². The van der Waals surface area contributed by atoms with Crippen molar-refractivity contribution in [2.75, 3.05) is 93.3 Å². The Labute approximate surface area is 149 Å². The summed E-state index contributed by atoms with van der Waals surface area (Å²) in [6.45, 7) is 12.6. The molecule has 24 heavy (non-hydrogen) atoms. The van der Waals surface area contributed by atoms with Crippen LogP contribution in [-0.2, 0) is 9.47 Å². The van der Waals surface area contributed by atoms with Gasteiger partial charge in [-0.05, 0) is 28.1 Å². The molecule has 0 bridgehead atoms. The van der Waals surface area contributed by atoms with Crippen molar-refractivity contribution in [2.45, 2.75) is 13.0 Å². The quantitative estimate of drug-likeness (QED) is 0.233. The number of hydrogen-bond donors (Lipinski definition) is 5. The van der Waals surface area contributed by atoms with Crippen LogP contribution in [-0.4, -0.2) is 104 Å². The molecule has 8 heteroatoms. The maximum Gasteiger partial charge on any atom is 0.0781 e. The molecule has 0 radical (unpaired) electrons. The molecule has 2 rings (SSSR count). The smallest absolute Gasteiger partial charge is 0.0781 e. The zero-order valence-electron chi connectivity index (χ0n) is 16.3. The third-order valence-electron chi connectivity index (χ3n) is 2.83. The minimum Gasteiger partial charge on any atom is -0.377 e. The van der Waals surface area contributed by atoms with E-state index in [1.807, 2.05) is 14.1 Å². The third-order valence-corrected chi connectivity index (χ3v) is 2.83. The fraction of sp³-hybridized carbons (Fsp3) is 1.00. The molecule has 0 spiro atoms. The summed E-state index contributed by atoms with van der Waals surface area (Å²) in [7, 11) is 6.09. The number of rotatable bonds is 10. The first-order chi connectivity index (χ1) is 11.6. The molecular weight excluding hydrogens is 308 g/mol.